The van der Waals surface area contributed by atoms with E-state index in [1.54, 1.807) is 26.0 Å². The molecule has 17 heavy (non-hydrogen) atoms. The molecule has 5 nitrogen and oxygen atoms in total. The van der Waals surface area contributed by atoms with Gasteiger partial charge in [0.2, 0.25) is 0 Å². The first kappa shape index (κ1) is 13.2. The number of aryl methyl sites for hydroxylation is 2. The van der Waals surface area contributed by atoms with Gasteiger partial charge in [-0.2, -0.15) is 0 Å². The average Bonchev–Trinajstić information content (AvgIpc) is 2.26. The van der Waals surface area contributed by atoms with Gasteiger partial charge in [0.25, 0.3) is 5.69 Å². The summed E-state index contributed by atoms with van der Waals surface area (Å²) in [6.45, 7) is 3.31. The maximum absolute atomic E-state index is 10.7. The van der Waals surface area contributed by atoms with Crippen LogP contribution in [0.4, 0.5) is 5.69 Å². The summed E-state index contributed by atoms with van der Waals surface area (Å²) in [6, 6.07) is 5.01. The number of carboxylic acid groups (broad SMARTS) is 1. The summed E-state index contributed by atoms with van der Waals surface area (Å²) >= 11 is 0. The number of hydrogen-bond acceptors (Lipinski definition) is 3. The smallest absolute Gasteiger partial charge is 0.306 e. The van der Waals surface area contributed by atoms with Crippen molar-refractivity contribution in [3.8, 4) is 0 Å². The first-order chi connectivity index (χ1) is 7.91. The minimum Gasteiger partial charge on any atom is -0.481 e. The lowest BCUT2D eigenvalue weighted by Gasteiger charge is -2.06. The van der Waals surface area contributed by atoms with Crippen molar-refractivity contribution in [2.45, 2.75) is 26.7 Å². The predicted molar refractivity (Wildman–Crippen MR) is 63.0 cm³/mol. The molecule has 1 aromatic rings. The van der Waals surface area contributed by atoms with Gasteiger partial charge in [-0.25, -0.2) is 0 Å². The summed E-state index contributed by atoms with van der Waals surface area (Å²) in [5, 5.41) is 19.5. The largest absolute Gasteiger partial charge is 0.481 e. The second-order valence-corrected chi connectivity index (χ2v) is 4.16. The third kappa shape index (κ3) is 3.55. The van der Waals surface area contributed by atoms with Gasteiger partial charge >= 0.3 is 5.97 Å². The van der Waals surface area contributed by atoms with Crippen molar-refractivity contribution >= 4 is 11.7 Å². The van der Waals surface area contributed by atoms with E-state index in [2.05, 4.69) is 0 Å². The number of nitro benzene ring substituents is 1. The predicted octanol–water partition coefficient (Wildman–Crippen LogP) is 2.56. The summed E-state index contributed by atoms with van der Waals surface area (Å²) in [5.74, 6) is -1.28. The van der Waals surface area contributed by atoms with Gasteiger partial charge in [0.1, 0.15) is 0 Å². The van der Waals surface area contributed by atoms with Crippen LogP contribution in [0.5, 0.6) is 0 Å². The molecule has 0 radical (unpaired) electrons. The summed E-state index contributed by atoms with van der Waals surface area (Å²) in [4.78, 5) is 21.0. The van der Waals surface area contributed by atoms with Gasteiger partial charge in [-0.05, 0) is 25.3 Å². The maximum atomic E-state index is 10.7. The highest BCUT2D eigenvalue weighted by atomic mass is 16.6. The summed E-state index contributed by atoms with van der Waals surface area (Å²) in [7, 11) is 0. The third-order valence-electron chi connectivity index (χ3n) is 2.76. The number of rotatable bonds is 5. The molecule has 92 valence electrons. The number of carboxylic acids is 1. The van der Waals surface area contributed by atoms with Crippen molar-refractivity contribution in [2.75, 3.05) is 0 Å². The second-order valence-electron chi connectivity index (χ2n) is 4.16. The molecular weight excluding hydrogens is 222 g/mol. The highest BCUT2D eigenvalue weighted by molar-refractivity contribution is 5.69. The molecule has 0 amide bonds. The van der Waals surface area contributed by atoms with Crippen LogP contribution in [0.25, 0.3) is 0 Å². The van der Waals surface area contributed by atoms with Gasteiger partial charge in [-0.15, -0.1) is 0 Å². The van der Waals surface area contributed by atoms with E-state index < -0.39 is 16.8 Å². The summed E-state index contributed by atoms with van der Waals surface area (Å²) in [6.07, 6.45) is 1.02. The molecule has 0 aliphatic carbocycles. The van der Waals surface area contributed by atoms with Crippen LogP contribution >= 0.6 is 0 Å². The van der Waals surface area contributed by atoms with E-state index >= 15 is 0 Å². The monoisotopic (exact) mass is 237 g/mol. The van der Waals surface area contributed by atoms with Crippen LogP contribution in [-0.2, 0) is 11.2 Å². The molecule has 0 saturated carbocycles. The van der Waals surface area contributed by atoms with Crippen LogP contribution in [0.15, 0.2) is 18.2 Å². The van der Waals surface area contributed by atoms with Crippen molar-refractivity contribution in [1.29, 1.82) is 0 Å². The average molecular weight is 237 g/mol. The fourth-order valence-corrected chi connectivity index (χ4v) is 1.51. The molecule has 1 N–H and O–H groups in total. The van der Waals surface area contributed by atoms with Crippen molar-refractivity contribution < 1.29 is 14.8 Å². The van der Waals surface area contributed by atoms with Crippen LogP contribution in [0.3, 0.4) is 0 Å². The SMILES string of the molecule is Cc1ccc(CCC(C)C(=O)O)cc1[N+](=O)[O-]. The van der Waals surface area contributed by atoms with Crippen molar-refractivity contribution in [1.82, 2.24) is 0 Å². The lowest BCUT2D eigenvalue weighted by molar-refractivity contribution is -0.385. The molecule has 1 unspecified atom stereocenters. The van der Waals surface area contributed by atoms with Crippen LogP contribution in [0.2, 0.25) is 0 Å². The first-order valence-corrected chi connectivity index (χ1v) is 5.38. The number of aliphatic carboxylic acids is 1. The van der Waals surface area contributed by atoms with Crippen molar-refractivity contribution in [2.24, 2.45) is 5.92 Å². The van der Waals surface area contributed by atoms with Crippen LogP contribution in [0, 0.1) is 23.0 Å². The normalized spacial score (nSPS) is 12.1. The van der Waals surface area contributed by atoms with Crippen LogP contribution in [0.1, 0.15) is 24.5 Å². The lowest BCUT2D eigenvalue weighted by atomic mass is 10.00. The van der Waals surface area contributed by atoms with E-state index in [1.807, 2.05) is 0 Å². The Kier molecular flexibility index (Phi) is 4.20. The van der Waals surface area contributed by atoms with E-state index in [0.29, 0.717) is 18.4 Å². The van der Waals surface area contributed by atoms with E-state index in [1.165, 1.54) is 6.07 Å². The fraction of sp³-hybridized carbons (Fsp3) is 0.417. The van der Waals surface area contributed by atoms with Gasteiger partial charge < -0.3 is 5.11 Å². The van der Waals surface area contributed by atoms with Gasteiger partial charge in [0, 0.05) is 11.6 Å². The molecular formula is C12H15NO4. The Morgan fingerprint density at radius 3 is 2.71 bits per heavy atom. The summed E-state index contributed by atoms with van der Waals surface area (Å²) in [5.41, 5.74) is 1.51. The molecule has 0 aromatic heterocycles. The van der Waals surface area contributed by atoms with Crippen molar-refractivity contribution in [3.63, 3.8) is 0 Å². The standard InChI is InChI=1S/C12H15NO4/c1-8-3-5-10(7-11(8)13(16)17)6-4-9(2)12(14)15/h3,5,7,9H,4,6H2,1-2H3,(H,14,15). The highest BCUT2D eigenvalue weighted by Crippen LogP contribution is 2.21. The topological polar surface area (TPSA) is 80.4 Å². The number of nitrogens with zero attached hydrogens (tertiary/aromatic N) is 1. The Morgan fingerprint density at radius 2 is 2.18 bits per heavy atom. The molecule has 1 atom stereocenters. The third-order valence-corrected chi connectivity index (χ3v) is 2.76. The molecule has 0 heterocycles. The molecule has 5 heteroatoms. The Morgan fingerprint density at radius 1 is 1.53 bits per heavy atom. The molecule has 1 aromatic carbocycles. The number of hydrogen-bond donors (Lipinski definition) is 1. The quantitative estimate of drug-likeness (QED) is 0.630. The second kappa shape index (κ2) is 5.43. The van der Waals surface area contributed by atoms with Crippen LogP contribution < -0.4 is 0 Å². The zero-order chi connectivity index (χ0) is 13.0. The number of benzene rings is 1. The molecule has 1 rings (SSSR count). The zero-order valence-electron chi connectivity index (χ0n) is 9.84. The van der Waals surface area contributed by atoms with Crippen LogP contribution in [-0.4, -0.2) is 16.0 Å². The number of nitro groups is 1. The Labute approximate surface area is 99.2 Å². The molecule has 0 spiro atoms. The maximum Gasteiger partial charge on any atom is 0.306 e. The van der Waals surface area contributed by atoms with Gasteiger partial charge in [-0.3, -0.25) is 14.9 Å². The van der Waals surface area contributed by atoms with E-state index in [4.69, 9.17) is 5.11 Å². The highest BCUT2D eigenvalue weighted by Gasteiger charge is 2.13. The zero-order valence-corrected chi connectivity index (χ0v) is 9.84. The minimum atomic E-state index is -0.841. The molecule has 0 saturated heterocycles. The first-order valence-electron chi connectivity index (χ1n) is 5.38. The van der Waals surface area contributed by atoms with E-state index in [9.17, 15) is 14.9 Å². The minimum absolute atomic E-state index is 0.0884. The van der Waals surface area contributed by atoms with Crippen molar-refractivity contribution in [3.05, 3.63) is 39.4 Å². The van der Waals surface area contributed by atoms with Gasteiger partial charge in [-0.1, -0.05) is 19.1 Å². The van der Waals surface area contributed by atoms with E-state index in [0.717, 1.165) is 5.56 Å². The lowest BCUT2D eigenvalue weighted by Crippen LogP contribution is -2.10. The molecule has 0 bridgehead atoms. The Balaban J connectivity index is 2.76. The molecule has 0 aliphatic heterocycles. The fourth-order valence-electron chi connectivity index (χ4n) is 1.51. The van der Waals surface area contributed by atoms with E-state index in [-0.39, 0.29) is 5.69 Å². The Bertz CT molecular complexity index is 442. The summed E-state index contributed by atoms with van der Waals surface area (Å²) < 4.78 is 0. The van der Waals surface area contributed by atoms with Gasteiger partial charge in [0.05, 0.1) is 10.8 Å². The molecule has 0 fully saturated rings. The number of carbonyl (C=O) groups is 1. The Hall–Kier alpha value is -1.91. The van der Waals surface area contributed by atoms with Gasteiger partial charge in [0.15, 0.2) is 0 Å². The molecule has 0 aliphatic rings.